The van der Waals surface area contributed by atoms with Gasteiger partial charge in [-0.2, -0.15) is 0 Å². The first-order valence-electron chi connectivity index (χ1n) is 0. The van der Waals surface area contributed by atoms with E-state index in [1.807, 2.05) is 0 Å². The molecule has 2 radical (unpaired) electrons. The van der Waals surface area contributed by atoms with Gasteiger partial charge in [-0.1, -0.05) is 0 Å². The van der Waals surface area contributed by atoms with Gasteiger partial charge in [0.2, 0.25) is 0 Å². The van der Waals surface area contributed by atoms with Crippen LogP contribution < -0.4 is 0 Å². The van der Waals surface area contributed by atoms with Gasteiger partial charge in [-0.05, 0) is 0 Å². The van der Waals surface area contributed by atoms with Crippen molar-refractivity contribution >= 4 is 71.9 Å². The third-order valence-corrected chi connectivity index (χ3v) is 0. The van der Waals surface area contributed by atoms with Gasteiger partial charge in [0, 0.05) is 51.5 Å². The Bertz CT molecular complexity index is 15.5. The molecular weight excluding hydrogens is 348 g/mol. The van der Waals surface area contributed by atoms with Gasteiger partial charge in [0.25, 0.3) is 0 Å². The molecule has 6 heavy (non-hydrogen) atoms. The minimum Gasteiger partial charge on any atom is -2.00 e. The summed E-state index contributed by atoms with van der Waals surface area (Å²) >= 11 is 0. The Balaban J connectivity index is 0. The molecular formula is H2BaCrCuMgMnO. The number of hydrogen-bond donors (Lipinski definition) is 0. The maximum atomic E-state index is 0. The molecule has 0 unspecified atom stereocenters. The first-order chi connectivity index (χ1) is 0. The van der Waals surface area contributed by atoms with E-state index in [1.54, 1.807) is 0 Å². The van der Waals surface area contributed by atoms with Crippen LogP contribution in [0.2, 0.25) is 0 Å². The van der Waals surface area contributed by atoms with E-state index in [0.717, 1.165) is 0 Å². The minimum atomic E-state index is 0. The SMILES string of the molecule is [Ba+2].[Cr].[Cu].[MgH2].[Mn].[O-2]. The Morgan fingerprint density at radius 3 is 1.00 bits per heavy atom. The van der Waals surface area contributed by atoms with Crippen molar-refractivity contribution in [2.45, 2.75) is 0 Å². The van der Waals surface area contributed by atoms with Crippen molar-refractivity contribution in [3.8, 4) is 0 Å². The van der Waals surface area contributed by atoms with Crippen molar-refractivity contribution < 1.29 is 57.0 Å². The van der Waals surface area contributed by atoms with E-state index < -0.39 is 0 Å². The summed E-state index contributed by atoms with van der Waals surface area (Å²) in [7, 11) is 0. The van der Waals surface area contributed by atoms with Crippen molar-refractivity contribution in [2.75, 3.05) is 0 Å². The molecule has 0 fully saturated rings. The van der Waals surface area contributed by atoms with Crippen LogP contribution in [0.25, 0.3) is 0 Å². The second kappa shape index (κ2) is 36.7. The molecule has 0 bridgehead atoms. The molecule has 0 amide bonds. The van der Waals surface area contributed by atoms with Crippen molar-refractivity contribution in [1.82, 2.24) is 0 Å². The van der Waals surface area contributed by atoms with Crippen molar-refractivity contribution in [3.05, 3.63) is 0 Å². The molecule has 0 aromatic carbocycles. The van der Waals surface area contributed by atoms with Crippen LogP contribution in [0.5, 0.6) is 0 Å². The van der Waals surface area contributed by atoms with Crippen LogP contribution in [0, 0.1) is 0 Å². The molecule has 0 heterocycles. The van der Waals surface area contributed by atoms with Crippen LogP contribution >= 0.6 is 0 Å². The van der Waals surface area contributed by atoms with Crippen molar-refractivity contribution in [3.63, 3.8) is 0 Å². The normalized spacial score (nSPS) is 0. The molecule has 0 saturated heterocycles. The first-order valence-corrected chi connectivity index (χ1v) is 0. The molecule has 0 rings (SSSR count). The first kappa shape index (κ1) is 51.9. The predicted molar refractivity (Wildman–Crippen MR) is 15.0 cm³/mol. The summed E-state index contributed by atoms with van der Waals surface area (Å²) in [6.45, 7) is 0. The summed E-state index contributed by atoms with van der Waals surface area (Å²) in [5.74, 6) is 0. The predicted octanol–water partition coefficient (Wildman–Crippen LogP) is -1.42. The standard InChI is InChI=1S/Ba.Cr.Cu.Mg.Mn.O.2H/q+2;;;;;-2;;. The fourth-order valence-electron chi connectivity index (χ4n) is 0. The molecule has 0 aliphatic heterocycles. The molecule has 0 aromatic heterocycles. The van der Waals surface area contributed by atoms with Gasteiger partial charge in [-0.3, -0.25) is 0 Å². The minimum absolute atomic E-state index is 0. The van der Waals surface area contributed by atoms with Crippen LogP contribution in [-0.2, 0) is 57.0 Å². The topological polar surface area (TPSA) is 28.5 Å². The van der Waals surface area contributed by atoms with Crippen molar-refractivity contribution in [1.29, 1.82) is 0 Å². The zero-order chi connectivity index (χ0) is 0. The molecule has 0 spiro atoms. The van der Waals surface area contributed by atoms with E-state index in [0.29, 0.717) is 0 Å². The second-order valence-corrected chi connectivity index (χ2v) is 0. The van der Waals surface area contributed by atoms with E-state index in [-0.39, 0.29) is 129 Å². The summed E-state index contributed by atoms with van der Waals surface area (Å²) < 4.78 is 0. The van der Waals surface area contributed by atoms with Gasteiger partial charge < -0.3 is 5.48 Å². The maximum Gasteiger partial charge on any atom is 2.00 e. The molecule has 0 saturated carbocycles. The summed E-state index contributed by atoms with van der Waals surface area (Å²) in [6.07, 6.45) is 0. The van der Waals surface area contributed by atoms with E-state index >= 15 is 0 Å². The summed E-state index contributed by atoms with van der Waals surface area (Å²) in [5, 5.41) is 0. The van der Waals surface area contributed by atoms with Gasteiger partial charge >= 0.3 is 71.9 Å². The van der Waals surface area contributed by atoms with Crippen LogP contribution in [0.15, 0.2) is 0 Å². The fraction of sp³-hybridized carbons (Fsp3) is 0. The Kier molecular flexibility index (Phi) is 317. The Labute approximate surface area is 126 Å². The summed E-state index contributed by atoms with van der Waals surface area (Å²) in [5.41, 5.74) is 0. The van der Waals surface area contributed by atoms with Gasteiger partial charge in [0.1, 0.15) is 0 Å². The number of hydrogen-bond acceptors (Lipinski definition) is 0. The smallest absolute Gasteiger partial charge is 2.00 e. The molecule has 0 aliphatic rings. The van der Waals surface area contributed by atoms with Gasteiger partial charge in [0.15, 0.2) is 0 Å². The Morgan fingerprint density at radius 1 is 1.00 bits per heavy atom. The monoisotopic (exact) mass is 350 g/mol. The van der Waals surface area contributed by atoms with Crippen LogP contribution in [0.4, 0.5) is 0 Å². The van der Waals surface area contributed by atoms with Crippen molar-refractivity contribution in [2.24, 2.45) is 0 Å². The maximum absolute atomic E-state index is 0. The summed E-state index contributed by atoms with van der Waals surface area (Å²) in [6, 6.07) is 0. The quantitative estimate of drug-likeness (QED) is 0.480. The molecule has 0 aromatic rings. The van der Waals surface area contributed by atoms with Crippen LogP contribution in [0.3, 0.4) is 0 Å². The van der Waals surface area contributed by atoms with E-state index in [2.05, 4.69) is 0 Å². The molecule has 0 N–H and O–H groups in total. The largest absolute Gasteiger partial charge is 2.00 e. The third-order valence-electron chi connectivity index (χ3n) is 0. The second-order valence-electron chi connectivity index (χ2n) is 0. The molecule has 0 atom stereocenters. The Hall–Kier alpha value is 3.87. The summed E-state index contributed by atoms with van der Waals surface area (Å²) in [4.78, 5) is 0. The average Bonchev–Trinajstić information content (AvgIpc) is 0. The van der Waals surface area contributed by atoms with Gasteiger partial charge in [-0.15, -0.1) is 0 Å². The zero-order valence-electron chi connectivity index (χ0n) is 2.20. The van der Waals surface area contributed by atoms with Gasteiger partial charge in [-0.25, -0.2) is 0 Å². The van der Waals surface area contributed by atoms with Gasteiger partial charge in [0.05, 0.1) is 0 Å². The number of rotatable bonds is 0. The van der Waals surface area contributed by atoms with E-state index in [1.165, 1.54) is 0 Å². The molecule has 6 heteroatoms. The Morgan fingerprint density at radius 2 is 1.00 bits per heavy atom. The average molecular weight is 350 g/mol. The molecule has 0 aliphatic carbocycles. The zero-order valence-corrected chi connectivity index (χ0v) is 10.0. The molecule has 1 nitrogen and oxygen atoms in total. The third kappa shape index (κ3) is 24.8. The van der Waals surface area contributed by atoms with Crippen LogP contribution in [-0.4, -0.2) is 71.9 Å². The fourth-order valence-corrected chi connectivity index (χ4v) is 0. The van der Waals surface area contributed by atoms with E-state index in [4.69, 9.17) is 0 Å². The van der Waals surface area contributed by atoms with E-state index in [9.17, 15) is 0 Å². The molecule has 36 valence electrons. The van der Waals surface area contributed by atoms with Crippen LogP contribution in [0.1, 0.15) is 0 Å².